The molecule has 3 aromatic rings. The van der Waals surface area contributed by atoms with Crippen molar-refractivity contribution in [3.63, 3.8) is 0 Å². The average Bonchev–Trinajstić information content (AvgIpc) is 2.79. The Kier molecular flexibility index (Phi) is 6.06. The van der Waals surface area contributed by atoms with Gasteiger partial charge in [0.2, 0.25) is 0 Å². The number of carbonyl (C=O) groups excluding carboxylic acids is 1. The average molecular weight is 436 g/mol. The van der Waals surface area contributed by atoms with E-state index in [1.54, 1.807) is 12.1 Å². The molecule has 0 aliphatic carbocycles. The number of nitro groups is 1. The molecule has 0 unspecified atom stereocenters. The Hall–Kier alpha value is -3.56. The first kappa shape index (κ1) is 20.7. The molecule has 0 saturated carbocycles. The third kappa shape index (κ3) is 4.62. The Balaban J connectivity index is 1.50. The Morgan fingerprint density at radius 3 is 2.58 bits per heavy atom. The first-order valence-electron chi connectivity index (χ1n) is 9.74. The largest absolute Gasteiger partial charge is 0.378 e. The molecule has 9 heteroatoms. The van der Waals surface area contributed by atoms with Crippen LogP contribution >= 0.6 is 12.2 Å². The van der Waals surface area contributed by atoms with Gasteiger partial charge in [0.05, 0.1) is 18.1 Å². The fourth-order valence-electron chi connectivity index (χ4n) is 3.55. The molecule has 0 bridgehead atoms. The van der Waals surface area contributed by atoms with Gasteiger partial charge in [0.15, 0.2) is 5.11 Å². The standard InChI is InChI=1S/C22H20N4O4S/c27-21(24-22(31)23-18-7-3-5-15-4-1-2-6-17(15)18)16-8-9-19(20(14-16)26(28)29)25-10-12-30-13-11-25/h1-9,14H,10-13H2,(H2,23,24,27,31). The van der Waals surface area contributed by atoms with Crippen molar-refractivity contribution in [3.05, 3.63) is 76.3 Å². The molecule has 4 rings (SSSR count). The zero-order valence-corrected chi connectivity index (χ0v) is 17.4. The molecule has 8 nitrogen and oxygen atoms in total. The number of morpholine rings is 1. The van der Waals surface area contributed by atoms with E-state index in [2.05, 4.69) is 10.6 Å². The lowest BCUT2D eigenvalue weighted by Crippen LogP contribution is -2.37. The molecular formula is C22H20N4O4S. The molecule has 1 aliphatic rings. The SMILES string of the molecule is O=C(NC(=S)Nc1cccc2ccccc12)c1ccc(N2CCOCC2)c([N+](=O)[O-])c1. The van der Waals surface area contributed by atoms with Gasteiger partial charge in [-0.1, -0.05) is 36.4 Å². The Morgan fingerprint density at radius 1 is 1.06 bits per heavy atom. The first-order chi connectivity index (χ1) is 15.0. The highest BCUT2D eigenvalue weighted by molar-refractivity contribution is 7.80. The number of amides is 1. The fraction of sp³-hybridized carbons (Fsp3) is 0.182. The summed E-state index contributed by atoms with van der Waals surface area (Å²) in [6.07, 6.45) is 0. The van der Waals surface area contributed by atoms with Crippen molar-refractivity contribution in [1.82, 2.24) is 5.32 Å². The molecule has 1 fully saturated rings. The number of fused-ring (bicyclic) bond motifs is 1. The minimum atomic E-state index is -0.519. The first-order valence-corrected chi connectivity index (χ1v) is 10.1. The number of nitro benzene ring substituents is 1. The Labute approximate surface area is 184 Å². The molecule has 3 aromatic carbocycles. The maximum atomic E-state index is 12.7. The van der Waals surface area contributed by atoms with Crippen LogP contribution in [0.3, 0.4) is 0 Å². The van der Waals surface area contributed by atoms with E-state index in [1.807, 2.05) is 47.4 Å². The van der Waals surface area contributed by atoms with Crippen molar-refractivity contribution in [1.29, 1.82) is 0 Å². The van der Waals surface area contributed by atoms with Crippen LogP contribution in [0.2, 0.25) is 0 Å². The molecule has 2 N–H and O–H groups in total. The van der Waals surface area contributed by atoms with Crippen LogP contribution in [0.1, 0.15) is 10.4 Å². The molecule has 1 heterocycles. The quantitative estimate of drug-likeness (QED) is 0.366. The smallest absolute Gasteiger partial charge is 0.293 e. The van der Waals surface area contributed by atoms with Crippen LogP contribution in [0.15, 0.2) is 60.7 Å². The van der Waals surface area contributed by atoms with Crippen LogP contribution in [-0.2, 0) is 4.74 Å². The lowest BCUT2D eigenvalue weighted by atomic mass is 10.1. The molecule has 0 atom stereocenters. The van der Waals surface area contributed by atoms with Crippen molar-refractivity contribution < 1.29 is 14.5 Å². The zero-order chi connectivity index (χ0) is 21.8. The monoisotopic (exact) mass is 436 g/mol. The second-order valence-electron chi connectivity index (χ2n) is 6.99. The lowest BCUT2D eigenvalue weighted by Gasteiger charge is -2.28. The Morgan fingerprint density at radius 2 is 1.81 bits per heavy atom. The highest BCUT2D eigenvalue weighted by atomic mass is 32.1. The molecule has 0 spiro atoms. The second-order valence-corrected chi connectivity index (χ2v) is 7.40. The van der Waals surface area contributed by atoms with Crippen LogP contribution in [0.4, 0.5) is 17.1 Å². The summed E-state index contributed by atoms with van der Waals surface area (Å²) in [5.41, 5.74) is 1.27. The highest BCUT2D eigenvalue weighted by Crippen LogP contribution is 2.30. The number of thiocarbonyl (C=S) groups is 1. The zero-order valence-electron chi connectivity index (χ0n) is 16.5. The van der Waals surface area contributed by atoms with E-state index in [1.165, 1.54) is 6.07 Å². The van der Waals surface area contributed by atoms with E-state index >= 15 is 0 Å². The predicted octanol–water partition coefficient (Wildman–Crippen LogP) is 3.71. The van der Waals surface area contributed by atoms with Crippen LogP contribution in [0.5, 0.6) is 0 Å². The van der Waals surface area contributed by atoms with Crippen molar-refractivity contribution in [2.45, 2.75) is 0 Å². The van der Waals surface area contributed by atoms with E-state index < -0.39 is 10.8 Å². The maximum absolute atomic E-state index is 12.7. The van der Waals surface area contributed by atoms with Crippen LogP contribution < -0.4 is 15.5 Å². The fourth-order valence-corrected chi connectivity index (χ4v) is 3.75. The molecule has 31 heavy (non-hydrogen) atoms. The van der Waals surface area contributed by atoms with E-state index in [9.17, 15) is 14.9 Å². The van der Waals surface area contributed by atoms with Gasteiger partial charge < -0.3 is 15.0 Å². The van der Waals surface area contributed by atoms with Crippen molar-refractivity contribution >= 4 is 51.1 Å². The number of ether oxygens (including phenoxy) is 1. The van der Waals surface area contributed by atoms with E-state index in [0.29, 0.717) is 32.0 Å². The summed E-state index contributed by atoms with van der Waals surface area (Å²) in [6, 6.07) is 18.0. The number of hydrogen-bond donors (Lipinski definition) is 2. The summed E-state index contributed by atoms with van der Waals surface area (Å²) < 4.78 is 5.31. The summed E-state index contributed by atoms with van der Waals surface area (Å²) in [4.78, 5) is 25.7. The number of benzene rings is 3. The third-order valence-electron chi connectivity index (χ3n) is 5.05. The molecule has 1 amide bonds. The summed E-state index contributed by atoms with van der Waals surface area (Å²) in [5, 5.41) is 19.3. The topological polar surface area (TPSA) is 96.7 Å². The van der Waals surface area contributed by atoms with Crippen molar-refractivity contribution in [2.75, 3.05) is 36.5 Å². The van der Waals surface area contributed by atoms with Crippen LogP contribution in [0, 0.1) is 10.1 Å². The van der Waals surface area contributed by atoms with E-state index in [-0.39, 0.29) is 16.4 Å². The van der Waals surface area contributed by atoms with E-state index in [0.717, 1.165) is 16.5 Å². The van der Waals surface area contributed by atoms with E-state index in [4.69, 9.17) is 17.0 Å². The summed E-state index contributed by atoms with van der Waals surface area (Å²) in [5.74, 6) is -0.519. The number of carbonyl (C=O) groups is 1. The van der Waals surface area contributed by atoms with Gasteiger partial charge in [-0.15, -0.1) is 0 Å². The normalized spacial score (nSPS) is 13.6. The number of nitrogens with zero attached hydrogens (tertiary/aromatic N) is 2. The van der Waals surface area contributed by atoms with Gasteiger partial charge in [0.1, 0.15) is 5.69 Å². The van der Waals surface area contributed by atoms with Gasteiger partial charge in [0, 0.05) is 35.8 Å². The van der Waals surface area contributed by atoms with Gasteiger partial charge in [0.25, 0.3) is 11.6 Å². The lowest BCUT2D eigenvalue weighted by molar-refractivity contribution is -0.384. The molecule has 1 saturated heterocycles. The second kappa shape index (κ2) is 9.07. The van der Waals surface area contributed by atoms with Crippen molar-refractivity contribution in [3.8, 4) is 0 Å². The molecule has 0 aromatic heterocycles. The Bertz CT molecular complexity index is 1160. The number of hydrogen-bond acceptors (Lipinski definition) is 6. The van der Waals surface area contributed by atoms with Gasteiger partial charge in [-0.05, 0) is 35.8 Å². The number of anilines is 2. The van der Waals surface area contributed by atoms with Gasteiger partial charge in [-0.2, -0.15) is 0 Å². The molecule has 158 valence electrons. The van der Waals surface area contributed by atoms with Crippen LogP contribution in [-0.4, -0.2) is 42.2 Å². The predicted molar refractivity (Wildman–Crippen MR) is 124 cm³/mol. The minimum Gasteiger partial charge on any atom is -0.378 e. The van der Waals surface area contributed by atoms with Crippen LogP contribution in [0.25, 0.3) is 10.8 Å². The van der Waals surface area contributed by atoms with Crippen molar-refractivity contribution in [2.24, 2.45) is 0 Å². The third-order valence-corrected chi connectivity index (χ3v) is 5.26. The number of rotatable bonds is 4. The van der Waals surface area contributed by atoms with Gasteiger partial charge in [-0.3, -0.25) is 20.2 Å². The minimum absolute atomic E-state index is 0.112. The summed E-state index contributed by atoms with van der Waals surface area (Å²) >= 11 is 5.29. The van der Waals surface area contributed by atoms with Gasteiger partial charge >= 0.3 is 0 Å². The highest BCUT2D eigenvalue weighted by Gasteiger charge is 2.23. The summed E-state index contributed by atoms with van der Waals surface area (Å²) in [7, 11) is 0. The molecule has 0 radical (unpaired) electrons. The number of nitrogens with one attached hydrogen (secondary N) is 2. The summed E-state index contributed by atoms with van der Waals surface area (Å²) in [6.45, 7) is 2.14. The maximum Gasteiger partial charge on any atom is 0.293 e. The molecule has 1 aliphatic heterocycles. The van der Waals surface area contributed by atoms with Gasteiger partial charge in [-0.25, -0.2) is 0 Å². The molecular weight excluding hydrogens is 416 g/mol.